The third-order valence-corrected chi connectivity index (χ3v) is 6.66. The number of hydrogen-bond acceptors (Lipinski definition) is 9. The minimum Gasteiger partial charge on any atom is -0.493 e. The van der Waals surface area contributed by atoms with Crippen LogP contribution in [0.3, 0.4) is 0 Å². The zero-order chi connectivity index (χ0) is 24.2. The lowest BCUT2D eigenvalue weighted by atomic mass is 10.1. The molecule has 1 amide bonds. The second-order valence-electron chi connectivity index (χ2n) is 7.53. The van der Waals surface area contributed by atoms with Crippen molar-refractivity contribution in [2.24, 2.45) is 0 Å². The highest BCUT2D eigenvalue weighted by molar-refractivity contribution is 8.26. The SMILES string of the molecule is COc1cc(/C=C2/SC(=S)N(C[C@H]3CCCO3)C2=O)ccc1OC(=O)c1ccc([N+](=O)[O-])cc1. The average molecular weight is 501 g/mol. The predicted octanol–water partition coefficient (Wildman–Crippen LogP) is 4.20. The molecule has 9 nitrogen and oxygen atoms in total. The van der Waals surface area contributed by atoms with E-state index in [-0.39, 0.29) is 29.0 Å². The lowest BCUT2D eigenvalue weighted by molar-refractivity contribution is -0.384. The normalized spacial score (nSPS) is 19.0. The van der Waals surface area contributed by atoms with Crippen LogP contribution in [0.15, 0.2) is 47.4 Å². The van der Waals surface area contributed by atoms with Gasteiger partial charge in [-0.15, -0.1) is 0 Å². The Kier molecular flexibility index (Phi) is 7.25. The molecule has 0 saturated carbocycles. The second-order valence-corrected chi connectivity index (χ2v) is 9.21. The minimum absolute atomic E-state index is 0.00617. The summed E-state index contributed by atoms with van der Waals surface area (Å²) in [5.41, 5.74) is 0.705. The molecule has 11 heteroatoms. The molecule has 2 heterocycles. The zero-order valence-electron chi connectivity index (χ0n) is 18.1. The number of esters is 1. The molecular formula is C23H20N2O7S2. The monoisotopic (exact) mass is 500 g/mol. The minimum atomic E-state index is -0.684. The molecule has 0 unspecified atom stereocenters. The standard InChI is InChI=1S/C23H20N2O7S2/c1-30-19-11-14(12-20-21(26)24(23(33)34-20)13-17-3-2-10-31-17)4-9-18(19)32-22(27)15-5-7-16(8-6-15)25(28)29/h4-9,11-12,17H,2-3,10,13H2,1H3/b20-12+/t17-/m1/s1. The van der Waals surface area contributed by atoms with Gasteiger partial charge in [-0.05, 0) is 48.7 Å². The molecule has 0 aliphatic carbocycles. The van der Waals surface area contributed by atoms with Crippen molar-refractivity contribution in [1.82, 2.24) is 4.90 Å². The second kappa shape index (κ2) is 10.3. The first-order valence-corrected chi connectivity index (χ1v) is 11.6. The molecular weight excluding hydrogens is 480 g/mol. The van der Waals surface area contributed by atoms with Crippen molar-refractivity contribution in [1.29, 1.82) is 0 Å². The van der Waals surface area contributed by atoms with Crippen molar-refractivity contribution in [3.63, 3.8) is 0 Å². The van der Waals surface area contributed by atoms with Crippen LogP contribution in [-0.4, -0.2) is 52.4 Å². The summed E-state index contributed by atoms with van der Waals surface area (Å²) in [5, 5.41) is 10.8. The molecule has 0 radical (unpaired) electrons. The molecule has 2 aromatic carbocycles. The van der Waals surface area contributed by atoms with Crippen LogP contribution in [0.4, 0.5) is 5.69 Å². The summed E-state index contributed by atoms with van der Waals surface area (Å²) in [6.07, 6.45) is 3.61. The van der Waals surface area contributed by atoms with Crippen LogP contribution in [0.25, 0.3) is 6.08 Å². The lowest BCUT2D eigenvalue weighted by Gasteiger charge is -2.18. The summed E-state index contributed by atoms with van der Waals surface area (Å²) in [6, 6.07) is 9.98. The van der Waals surface area contributed by atoms with Crippen LogP contribution in [0.5, 0.6) is 11.5 Å². The first kappa shape index (κ1) is 23.9. The third-order valence-electron chi connectivity index (χ3n) is 5.29. The summed E-state index contributed by atoms with van der Waals surface area (Å²) in [7, 11) is 1.43. The van der Waals surface area contributed by atoms with Crippen molar-refractivity contribution in [3.05, 3.63) is 68.6 Å². The fourth-order valence-corrected chi connectivity index (χ4v) is 4.81. The number of ether oxygens (including phenoxy) is 3. The van der Waals surface area contributed by atoms with E-state index in [2.05, 4.69) is 0 Å². The Balaban J connectivity index is 1.48. The number of nitro benzene ring substituents is 1. The molecule has 2 fully saturated rings. The Morgan fingerprint density at radius 1 is 1.29 bits per heavy atom. The molecule has 1 atom stereocenters. The Labute approximate surface area is 204 Å². The molecule has 2 aliphatic heterocycles. The third kappa shape index (κ3) is 5.27. The van der Waals surface area contributed by atoms with Gasteiger partial charge in [-0.1, -0.05) is 30.0 Å². The highest BCUT2D eigenvalue weighted by Crippen LogP contribution is 2.35. The number of rotatable bonds is 7. The van der Waals surface area contributed by atoms with E-state index in [1.54, 1.807) is 29.2 Å². The van der Waals surface area contributed by atoms with E-state index in [4.69, 9.17) is 26.4 Å². The van der Waals surface area contributed by atoms with Gasteiger partial charge in [-0.3, -0.25) is 19.8 Å². The van der Waals surface area contributed by atoms with Crippen molar-refractivity contribution < 1.29 is 28.7 Å². The van der Waals surface area contributed by atoms with Crippen LogP contribution in [0.1, 0.15) is 28.8 Å². The number of carbonyl (C=O) groups excluding carboxylic acids is 2. The smallest absolute Gasteiger partial charge is 0.343 e. The molecule has 2 saturated heterocycles. The summed E-state index contributed by atoms with van der Waals surface area (Å²) in [6.45, 7) is 1.15. The number of thioether (sulfide) groups is 1. The van der Waals surface area contributed by atoms with Crippen LogP contribution >= 0.6 is 24.0 Å². The van der Waals surface area contributed by atoms with Gasteiger partial charge in [-0.25, -0.2) is 4.79 Å². The molecule has 0 N–H and O–H groups in total. The van der Waals surface area contributed by atoms with Crippen molar-refractivity contribution in [2.75, 3.05) is 20.3 Å². The maximum Gasteiger partial charge on any atom is 0.343 e. The lowest BCUT2D eigenvalue weighted by Crippen LogP contribution is -2.35. The van der Waals surface area contributed by atoms with Crippen LogP contribution in [0.2, 0.25) is 0 Å². The van der Waals surface area contributed by atoms with E-state index in [0.717, 1.165) is 12.8 Å². The number of carbonyl (C=O) groups is 2. The Morgan fingerprint density at radius 3 is 2.71 bits per heavy atom. The van der Waals surface area contributed by atoms with Crippen LogP contribution in [0, 0.1) is 10.1 Å². The molecule has 4 rings (SSSR count). The topological polar surface area (TPSA) is 108 Å². The summed E-state index contributed by atoms with van der Waals surface area (Å²) in [4.78, 5) is 37.6. The summed E-state index contributed by atoms with van der Waals surface area (Å²) in [5.74, 6) is -0.387. The number of nitro groups is 1. The highest BCUT2D eigenvalue weighted by Gasteiger charge is 2.34. The summed E-state index contributed by atoms with van der Waals surface area (Å²) < 4.78 is 16.9. The predicted molar refractivity (Wildman–Crippen MR) is 130 cm³/mol. The number of hydrogen-bond donors (Lipinski definition) is 0. The van der Waals surface area contributed by atoms with Gasteiger partial charge in [0.2, 0.25) is 0 Å². The van der Waals surface area contributed by atoms with E-state index in [1.807, 2.05) is 0 Å². The number of nitrogens with zero attached hydrogens (tertiary/aromatic N) is 2. The molecule has 176 valence electrons. The molecule has 0 aromatic heterocycles. The van der Waals surface area contributed by atoms with E-state index in [1.165, 1.54) is 43.1 Å². The van der Waals surface area contributed by atoms with Crippen LogP contribution < -0.4 is 9.47 Å². The van der Waals surface area contributed by atoms with E-state index in [9.17, 15) is 19.7 Å². The first-order valence-electron chi connectivity index (χ1n) is 10.4. The van der Waals surface area contributed by atoms with Gasteiger partial charge >= 0.3 is 5.97 Å². The quantitative estimate of drug-likeness (QED) is 0.138. The highest BCUT2D eigenvalue weighted by atomic mass is 32.2. The van der Waals surface area contributed by atoms with Crippen molar-refractivity contribution in [2.45, 2.75) is 18.9 Å². The molecule has 34 heavy (non-hydrogen) atoms. The van der Waals surface area contributed by atoms with Gasteiger partial charge in [0.05, 0.1) is 35.2 Å². The molecule has 2 aromatic rings. The van der Waals surface area contributed by atoms with Gasteiger partial charge < -0.3 is 14.2 Å². The van der Waals surface area contributed by atoms with Gasteiger partial charge in [0.1, 0.15) is 4.32 Å². The number of benzene rings is 2. The van der Waals surface area contributed by atoms with Crippen molar-refractivity contribution >= 4 is 51.9 Å². The van der Waals surface area contributed by atoms with Gasteiger partial charge in [-0.2, -0.15) is 0 Å². The van der Waals surface area contributed by atoms with E-state index >= 15 is 0 Å². The number of methoxy groups -OCH3 is 1. The van der Waals surface area contributed by atoms with Crippen molar-refractivity contribution in [3.8, 4) is 11.5 Å². The first-order chi connectivity index (χ1) is 16.4. The van der Waals surface area contributed by atoms with Crippen LogP contribution in [-0.2, 0) is 9.53 Å². The van der Waals surface area contributed by atoms with Gasteiger partial charge in [0.25, 0.3) is 11.6 Å². The Morgan fingerprint density at radius 2 is 2.06 bits per heavy atom. The number of thiocarbonyl (C=S) groups is 1. The largest absolute Gasteiger partial charge is 0.493 e. The van der Waals surface area contributed by atoms with Gasteiger partial charge in [0.15, 0.2) is 11.5 Å². The maximum atomic E-state index is 12.8. The Hall–Kier alpha value is -3.28. The maximum absolute atomic E-state index is 12.8. The number of amides is 1. The fourth-order valence-electron chi connectivity index (χ4n) is 3.54. The van der Waals surface area contributed by atoms with E-state index < -0.39 is 10.9 Å². The van der Waals surface area contributed by atoms with Gasteiger partial charge in [0, 0.05) is 18.7 Å². The van der Waals surface area contributed by atoms with E-state index in [0.29, 0.717) is 33.7 Å². The molecule has 0 bridgehead atoms. The zero-order valence-corrected chi connectivity index (χ0v) is 19.7. The Bertz CT molecular complexity index is 1170. The number of non-ortho nitro benzene ring substituents is 1. The average Bonchev–Trinajstić information content (AvgIpc) is 3.44. The fraction of sp³-hybridized carbons (Fsp3) is 0.261. The summed E-state index contributed by atoms with van der Waals surface area (Å²) >= 11 is 6.61. The molecule has 0 spiro atoms. The molecule has 2 aliphatic rings.